The van der Waals surface area contributed by atoms with Crippen LogP contribution in [0.15, 0.2) is 0 Å². The van der Waals surface area contributed by atoms with Crippen molar-refractivity contribution >= 4 is 18.4 Å². The van der Waals surface area contributed by atoms with Gasteiger partial charge in [-0.05, 0) is 6.92 Å². The number of alkyl halides is 1. The first-order chi connectivity index (χ1) is 5.24. The molecule has 5 heteroatoms. The van der Waals surface area contributed by atoms with Crippen molar-refractivity contribution in [2.24, 2.45) is 0 Å². The van der Waals surface area contributed by atoms with E-state index >= 15 is 0 Å². The van der Waals surface area contributed by atoms with E-state index in [2.05, 4.69) is 5.32 Å². The van der Waals surface area contributed by atoms with Gasteiger partial charge in [0.15, 0.2) is 0 Å². The van der Waals surface area contributed by atoms with E-state index in [0.717, 1.165) is 0 Å². The Balaban J connectivity index is 0.00000121. The molecule has 0 amide bonds. The Bertz CT molecular complexity index is 156. The van der Waals surface area contributed by atoms with Gasteiger partial charge >= 0.3 is 5.97 Å². The lowest BCUT2D eigenvalue weighted by Crippen LogP contribution is -2.32. The van der Waals surface area contributed by atoms with E-state index in [-0.39, 0.29) is 31.3 Å². The zero-order valence-electron chi connectivity index (χ0n) is 6.88. The largest absolute Gasteiger partial charge is 0.465 e. The van der Waals surface area contributed by atoms with Crippen molar-refractivity contribution in [3.63, 3.8) is 0 Å². The molecule has 0 spiro atoms. The van der Waals surface area contributed by atoms with Gasteiger partial charge in [0.25, 0.3) is 0 Å². The van der Waals surface area contributed by atoms with Crippen LogP contribution in [0.5, 0.6) is 0 Å². The number of hydrogen-bond acceptors (Lipinski definition) is 3. The number of hydrogen-bond donors (Lipinski definition) is 1. The molecule has 1 aliphatic rings. The van der Waals surface area contributed by atoms with Crippen molar-refractivity contribution in [3.05, 3.63) is 0 Å². The van der Waals surface area contributed by atoms with Crippen LogP contribution in [0.3, 0.4) is 0 Å². The maximum atomic E-state index is 12.5. The van der Waals surface area contributed by atoms with Gasteiger partial charge in [-0.2, -0.15) is 0 Å². The van der Waals surface area contributed by atoms with E-state index in [1.54, 1.807) is 6.92 Å². The Morgan fingerprint density at radius 1 is 1.75 bits per heavy atom. The van der Waals surface area contributed by atoms with Gasteiger partial charge in [0, 0.05) is 13.0 Å². The van der Waals surface area contributed by atoms with Gasteiger partial charge in [-0.1, -0.05) is 0 Å². The molecule has 1 N–H and O–H groups in total. The molecular formula is C7H13ClFNO2. The molecule has 1 rings (SSSR count). The Hall–Kier alpha value is -0.350. The zero-order valence-corrected chi connectivity index (χ0v) is 7.70. The molecule has 72 valence electrons. The van der Waals surface area contributed by atoms with Crippen LogP contribution in [0.4, 0.5) is 4.39 Å². The summed E-state index contributed by atoms with van der Waals surface area (Å²) in [5, 5.41) is 2.74. The average Bonchev–Trinajstić information content (AvgIpc) is 2.36. The van der Waals surface area contributed by atoms with E-state index in [0.29, 0.717) is 6.61 Å². The van der Waals surface area contributed by atoms with Crippen molar-refractivity contribution in [1.29, 1.82) is 0 Å². The molecule has 0 saturated carbocycles. The maximum absolute atomic E-state index is 12.5. The molecule has 0 aliphatic carbocycles. The second kappa shape index (κ2) is 5.32. The third-order valence-corrected chi connectivity index (χ3v) is 1.65. The lowest BCUT2D eigenvalue weighted by molar-refractivity contribution is -0.145. The van der Waals surface area contributed by atoms with Crippen molar-refractivity contribution in [2.45, 2.75) is 25.6 Å². The lowest BCUT2D eigenvalue weighted by Gasteiger charge is -2.07. The predicted octanol–water partition coefficient (Wildman–Crippen LogP) is 0.671. The fraction of sp³-hybridized carbons (Fsp3) is 0.857. The van der Waals surface area contributed by atoms with Gasteiger partial charge < -0.3 is 10.1 Å². The molecule has 3 nitrogen and oxygen atoms in total. The topological polar surface area (TPSA) is 38.3 Å². The molecule has 2 atom stereocenters. The van der Waals surface area contributed by atoms with Crippen LogP contribution in [-0.2, 0) is 9.53 Å². The SMILES string of the molecule is CCOC(=O)[C@H]1C[C@H](F)CN1.Cl. The highest BCUT2D eigenvalue weighted by atomic mass is 35.5. The van der Waals surface area contributed by atoms with Crippen LogP contribution in [-0.4, -0.2) is 31.3 Å². The summed E-state index contributed by atoms with van der Waals surface area (Å²) >= 11 is 0. The molecule has 1 fully saturated rings. The minimum absolute atomic E-state index is 0. The number of carbonyl (C=O) groups excluding carboxylic acids is 1. The highest BCUT2D eigenvalue weighted by Crippen LogP contribution is 2.10. The predicted molar refractivity (Wildman–Crippen MR) is 45.2 cm³/mol. The van der Waals surface area contributed by atoms with Gasteiger partial charge in [0.05, 0.1) is 6.61 Å². The summed E-state index contributed by atoms with van der Waals surface area (Å²) in [6.45, 7) is 2.36. The maximum Gasteiger partial charge on any atom is 0.323 e. The highest BCUT2D eigenvalue weighted by molar-refractivity contribution is 5.85. The fourth-order valence-corrected chi connectivity index (χ4v) is 1.11. The second-order valence-electron chi connectivity index (χ2n) is 2.55. The normalized spacial score (nSPS) is 27.8. The third kappa shape index (κ3) is 2.95. The minimum Gasteiger partial charge on any atom is -0.465 e. The summed E-state index contributed by atoms with van der Waals surface area (Å²) in [6, 6.07) is -0.426. The molecule has 1 aliphatic heterocycles. The number of halogens is 2. The van der Waals surface area contributed by atoms with Crippen LogP contribution >= 0.6 is 12.4 Å². The summed E-state index contributed by atoms with van der Waals surface area (Å²) < 4.78 is 17.2. The fourth-order valence-electron chi connectivity index (χ4n) is 1.11. The Kier molecular flexibility index (Phi) is 5.17. The van der Waals surface area contributed by atoms with E-state index in [1.165, 1.54) is 0 Å². The van der Waals surface area contributed by atoms with Gasteiger partial charge in [-0.15, -0.1) is 12.4 Å². The second-order valence-corrected chi connectivity index (χ2v) is 2.55. The van der Waals surface area contributed by atoms with E-state index < -0.39 is 12.2 Å². The van der Waals surface area contributed by atoms with Crippen LogP contribution in [0.1, 0.15) is 13.3 Å². The van der Waals surface area contributed by atoms with E-state index in [9.17, 15) is 9.18 Å². The molecular weight excluding hydrogens is 185 g/mol. The molecule has 1 saturated heterocycles. The smallest absolute Gasteiger partial charge is 0.323 e. The Labute approximate surface area is 77.1 Å². The number of ether oxygens (including phenoxy) is 1. The summed E-state index contributed by atoms with van der Waals surface area (Å²) in [5.74, 6) is -0.340. The highest BCUT2D eigenvalue weighted by Gasteiger charge is 2.29. The number of nitrogens with one attached hydrogen (secondary N) is 1. The third-order valence-electron chi connectivity index (χ3n) is 1.65. The standard InChI is InChI=1S/C7H12FNO2.ClH/c1-2-11-7(10)6-3-5(8)4-9-6;/h5-6,9H,2-4H2,1H3;1H/t5-,6+;/m0./s1. The first-order valence-corrected chi connectivity index (χ1v) is 3.78. The van der Waals surface area contributed by atoms with Crippen molar-refractivity contribution in [2.75, 3.05) is 13.2 Å². The molecule has 0 unspecified atom stereocenters. The van der Waals surface area contributed by atoms with Crippen molar-refractivity contribution in [3.8, 4) is 0 Å². The molecule has 0 aromatic rings. The zero-order chi connectivity index (χ0) is 8.27. The summed E-state index contributed by atoms with van der Waals surface area (Å²) in [7, 11) is 0. The monoisotopic (exact) mass is 197 g/mol. The van der Waals surface area contributed by atoms with Crippen molar-refractivity contribution in [1.82, 2.24) is 5.32 Å². The van der Waals surface area contributed by atoms with Gasteiger partial charge in [0.2, 0.25) is 0 Å². The number of esters is 1. The molecule has 0 aromatic heterocycles. The van der Waals surface area contributed by atoms with E-state index in [4.69, 9.17) is 4.74 Å². The first-order valence-electron chi connectivity index (χ1n) is 3.78. The Morgan fingerprint density at radius 2 is 2.42 bits per heavy atom. The first kappa shape index (κ1) is 11.6. The Morgan fingerprint density at radius 3 is 2.83 bits per heavy atom. The summed E-state index contributed by atoms with van der Waals surface area (Å²) in [4.78, 5) is 10.9. The lowest BCUT2D eigenvalue weighted by atomic mass is 10.2. The number of carbonyl (C=O) groups is 1. The van der Waals surface area contributed by atoms with Crippen LogP contribution in [0, 0.1) is 0 Å². The molecule has 0 bridgehead atoms. The van der Waals surface area contributed by atoms with Gasteiger partial charge in [-0.3, -0.25) is 4.79 Å². The van der Waals surface area contributed by atoms with Crippen LogP contribution in [0.25, 0.3) is 0 Å². The van der Waals surface area contributed by atoms with E-state index in [1.807, 2.05) is 0 Å². The van der Waals surface area contributed by atoms with Crippen LogP contribution < -0.4 is 5.32 Å². The summed E-state index contributed by atoms with van der Waals surface area (Å²) in [5.41, 5.74) is 0. The molecule has 12 heavy (non-hydrogen) atoms. The molecule has 0 aromatic carbocycles. The molecule has 1 heterocycles. The van der Waals surface area contributed by atoms with Gasteiger partial charge in [0.1, 0.15) is 12.2 Å². The van der Waals surface area contributed by atoms with Gasteiger partial charge in [-0.25, -0.2) is 4.39 Å². The molecule has 0 radical (unpaired) electrons. The average molecular weight is 198 g/mol. The minimum atomic E-state index is -0.899. The summed E-state index contributed by atoms with van der Waals surface area (Å²) in [6.07, 6.45) is -0.650. The van der Waals surface area contributed by atoms with Crippen molar-refractivity contribution < 1.29 is 13.9 Å². The van der Waals surface area contributed by atoms with Crippen LogP contribution in [0.2, 0.25) is 0 Å². The quantitative estimate of drug-likeness (QED) is 0.662. The number of rotatable bonds is 2.